The minimum Gasteiger partial charge on any atom is -0.368 e. The molecular weight excluding hydrogens is 244 g/mol. The van der Waals surface area contributed by atoms with Crippen LogP contribution in [-0.2, 0) is 4.79 Å². The van der Waals surface area contributed by atoms with Gasteiger partial charge in [-0.25, -0.2) is 0 Å². The van der Waals surface area contributed by atoms with Crippen LogP contribution in [0.15, 0.2) is 18.2 Å². The second-order valence-electron chi connectivity index (χ2n) is 4.74. The summed E-state index contributed by atoms with van der Waals surface area (Å²) in [6, 6.07) is 6.40. The zero-order valence-electron chi connectivity index (χ0n) is 11.0. The highest BCUT2D eigenvalue weighted by atomic mass is 32.1. The molecule has 1 amide bonds. The molecule has 1 saturated heterocycles. The third-order valence-corrected chi connectivity index (χ3v) is 3.95. The van der Waals surface area contributed by atoms with Crippen LogP contribution in [0.5, 0.6) is 0 Å². The predicted octanol–water partition coefficient (Wildman–Crippen LogP) is 1.88. The minimum atomic E-state index is 0.138. The smallest absolute Gasteiger partial charge is 0.232 e. The summed E-state index contributed by atoms with van der Waals surface area (Å²) in [5.41, 5.74) is 3.96. The van der Waals surface area contributed by atoms with Crippen molar-refractivity contribution in [3.8, 4) is 0 Å². The normalized spacial score (nSPS) is 15.9. The summed E-state index contributed by atoms with van der Waals surface area (Å²) in [7, 11) is 0. The fraction of sp³-hybridized carbons (Fsp3) is 0.500. The molecule has 1 fully saturated rings. The lowest BCUT2D eigenvalue weighted by molar-refractivity contribution is -0.128. The highest BCUT2D eigenvalue weighted by molar-refractivity contribution is 7.81. The third kappa shape index (κ3) is 2.64. The molecule has 0 atom stereocenters. The van der Waals surface area contributed by atoms with Crippen molar-refractivity contribution >= 4 is 24.2 Å². The average molecular weight is 264 g/mol. The van der Waals surface area contributed by atoms with Crippen LogP contribution in [0.2, 0.25) is 0 Å². The van der Waals surface area contributed by atoms with Crippen LogP contribution in [0.3, 0.4) is 0 Å². The third-order valence-electron chi connectivity index (χ3n) is 3.68. The van der Waals surface area contributed by atoms with Crippen molar-refractivity contribution in [1.29, 1.82) is 0 Å². The van der Waals surface area contributed by atoms with E-state index >= 15 is 0 Å². The average Bonchev–Trinajstić information content (AvgIpc) is 2.41. The monoisotopic (exact) mass is 264 g/mol. The Bertz CT molecular complexity index is 439. The molecular formula is C14H20N2OS. The van der Waals surface area contributed by atoms with E-state index < -0.39 is 0 Å². The highest BCUT2D eigenvalue weighted by Crippen LogP contribution is 2.23. The van der Waals surface area contributed by atoms with E-state index in [1.165, 1.54) is 16.8 Å². The lowest BCUT2D eigenvalue weighted by Crippen LogP contribution is -2.49. The van der Waals surface area contributed by atoms with Crippen LogP contribution >= 0.6 is 12.6 Å². The van der Waals surface area contributed by atoms with E-state index in [0.29, 0.717) is 5.75 Å². The number of aryl methyl sites for hydroxylation is 1. The van der Waals surface area contributed by atoms with E-state index in [-0.39, 0.29) is 5.91 Å². The Morgan fingerprint density at radius 2 is 1.89 bits per heavy atom. The molecule has 0 spiro atoms. The first-order valence-electron chi connectivity index (χ1n) is 6.33. The minimum absolute atomic E-state index is 0.138. The fourth-order valence-corrected chi connectivity index (χ4v) is 2.57. The Balaban J connectivity index is 2.06. The number of amides is 1. The van der Waals surface area contributed by atoms with Gasteiger partial charge in [0.05, 0.1) is 5.75 Å². The number of carbonyl (C=O) groups excluding carboxylic acids is 1. The maximum atomic E-state index is 11.6. The standard InChI is InChI=1S/C14H20N2OS/c1-11-4-3-5-13(12(11)2)15-6-8-16(9-7-15)14(17)10-18/h3-5,18H,6-10H2,1-2H3. The van der Waals surface area contributed by atoms with E-state index in [9.17, 15) is 4.79 Å². The van der Waals surface area contributed by atoms with Gasteiger partial charge >= 0.3 is 0 Å². The molecule has 1 aliphatic heterocycles. The van der Waals surface area contributed by atoms with E-state index in [1.54, 1.807) is 0 Å². The van der Waals surface area contributed by atoms with Gasteiger partial charge < -0.3 is 9.80 Å². The number of piperazine rings is 1. The van der Waals surface area contributed by atoms with Gasteiger partial charge in [0.15, 0.2) is 0 Å². The van der Waals surface area contributed by atoms with E-state index in [0.717, 1.165) is 26.2 Å². The van der Waals surface area contributed by atoms with Crippen LogP contribution in [0, 0.1) is 13.8 Å². The van der Waals surface area contributed by atoms with Crippen molar-refractivity contribution in [2.24, 2.45) is 0 Å². The number of thiol groups is 1. The van der Waals surface area contributed by atoms with Crippen molar-refractivity contribution in [2.75, 3.05) is 36.8 Å². The zero-order chi connectivity index (χ0) is 13.1. The highest BCUT2D eigenvalue weighted by Gasteiger charge is 2.21. The molecule has 3 nitrogen and oxygen atoms in total. The van der Waals surface area contributed by atoms with Crippen LogP contribution in [0.25, 0.3) is 0 Å². The van der Waals surface area contributed by atoms with E-state index in [2.05, 4.69) is 49.6 Å². The molecule has 1 aromatic carbocycles. The summed E-state index contributed by atoms with van der Waals surface area (Å²) in [5, 5.41) is 0. The fourth-order valence-electron chi connectivity index (χ4n) is 2.37. The maximum Gasteiger partial charge on any atom is 0.232 e. The summed E-state index contributed by atoms with van der Waals surface area (Å²) in [6.07, 6.45) is 0. The van der Waals surface area contributed by atoms with Crippen molar-refractivity contribution < 1.29 is 4.79 Å². The molecule has 0 N–H and O–H groups in total. The first-order valence-corrected chi connectivity index (χ1v) is 6.96. The summed E-state index contributed by atoms with van der Waals surface area (Å²) in [6.45, 7) is 7.71. The molecule has 0 radical (unpaired) electrons. The van der Waals surface area contributed by atoms with Crippen LogP contribution < -0.4 is 4.90 Å². The lowest BCUT2D eigenvalue weighted by atomic mass is 10.1. The van der Waals surface area contributed by atoms with Gasteiger partial charge in [-0.05, 0) is 31.0 Å². The number of hydrogen-bond donors (Lipinski definition) is 1. The van der Waals surface area contributed by atoms with Gasteiger partial charge in [-0.1, -0.05) is 12.1 Å². The first-order chi connectivity index (χ1) is 8.63. The second-order valence-corrected chi connectivity index (χ2v) is 5.06. The Labute approximate surface area is 114 Å². The molecule has 4 heteroatoms. The van der Waals surface area contributed by atoms with Crippen LogP contribution in [-0.4, -0.2) is 42.7 Å². The van der Waals surface area contributed by atoms with Gasteiger partial charge in [0.1, 0.15) is 0 Å². The number of carbonyl (C=O) groups is 1. The molecule has 1 aliphatic rings. The Morgan fingerprint density at radius 3 is 2.50 bits per heavy atom. The second kappa shape index (κ2) is 5.65. The van der Waals surface area contributed by atoms with Crippen molar-refractivity contribution in [1.82, 2.24) is 4.90 Å². The molecule has 0 saturated carbocycles. The Kier molecular flexibility index (Phi) is 4.17. The maximum absolute atomic E-state index is 11.6. The number of anilines is 1. The quantitative estimate of drug-likeness (QED) is 0.825. The summed E-state index contributed by atoms with van der Waals surface area (Å²) >= 11 is 4.04. The molecule has 0 aromatic heterocycles. The van der Waals surface area contributed by atoms with Crippen LogP contribution in [0.4, 0.5) is 5.69 Å². The SMILES string of the molecule is Cc1cccc(N2CCN(C(=O)CS)CC2)c1C. The van der Waals surface area contributed by atoms with Gasteiger partial charge in [0.2, 0.25) is 5.91 Å². The Hall–Kier alpha value is -1.16. The molecule has 0 unspecified atom stereocenters. The van der Waals surface area contributed by atoms with Crippen molar-refractivity contribution in [3.05, 3.63) is 29.3 Å². The van der Waals surface area contributed by atoms with Crippen LogP contribution in [0.1, 0.15) is 11.1 Å². The number of nitrogens with zero attached hydrogens (tertiary/aromatic N) is 2. The summed E-state index contributed by atoms with van der Waals surface area (Å²) < 4.78 is 0. The van der Waals surface area contributed by atoms with Gasteiger partial charge in [-0.15, -0.1) is 0 Å². The molecule has 98 valence electrons. The number of rotatable bonds is 2. The van der Waals surface area contributed by atoms with Gasteiger partial charge in [-0.2, -0.15) is 12.6 Å². The molecule has 1 aromatic rings. The van der Waals surface area contributed by atoms with Gasteiger partial charge in [-0.3, -0.25) is 4.79 Å². The molecule has 0 aliphatic carbocycles. The number of benzene rings is 1. The van der Waals surface area contributed by atoms with Crippen molar-refractivity contribution in [3.63, 3.8) is 0 Å². The Morgan fingerprint density at radius 1 is 1.22 bits per heavy atom. The number of hydrogen-bond acceptors (Lipinski definition) is 3. The molecule has 1 heterocycles. The van der Waals surface area contributed by atoms with E-state index in [4.69, 9.17) is 0 Å². The summed E-state index contributed by atoms with van der Waals surface area (Å²) in [5.74, 6) is 0.447. The molecule has 0 bridgehead atoms. The lowest BCUT2D eigenvalue weighted by Gasteiger charge is -2.36. The zero-order valence-corrected chi connectivity index (χ0v) is 11.9. The first kappa shape index (κ1) is 13.3. The molecule has 2 rings (SSSR count). The van der Waals surface area contributed by atoms with Gasteiger partial charge in [0, 0.05) is 31.9 Å². The summed E-state index contributed by atoms with van der Waals surface area (Å²) in [4.78, 5) is 15.8. The van der Waals surface area contributed by atoms with Crippen molar-refractivity contribution in [2.45, 2.75) is 13.8 Å². The topological polar surface area (TPSA) is 23.6 Å². The van der Waals surface area contributed by atoms with E-state index in [1.807, 2.05) is 4.90 Å². The van der Waals surface area contributed by atoms with Gasteiger partial charge in [0.25, 0.3) is 0 Å². The predicted molar refractivity (Wildman–Crippen MR) is 78.6 cm³/mol. The molecule has 18 heavy (non-hydrogen) atoms. The largest absolute Gasteiger partial charge is 0.368 e.